The highest BCUT2D eigenvalue weighted by molar-refractivity contribution is 5.79. The first kappa shape index (κ1) is 16.9. The molecule has 0 bridgehead atoms. The number of likely N-dealkylation sites (tertiary alicyclic amines) is 1. The summed E-state index contributed by atoms with van der Waals surface area (Å²) >= 11 is 0. The van der Waals surface area contributed by atoms with Crippen molar-refractivity contribution in [3.63, 3.8) is 0 Å². The van der Waals surface area contributed by atoms with E-state index in [0.29, 0.717) is 6.54 Å². The highest BCUT2D eigenvalue weighted by atomic mass is 19.3. The molecule has 22 heavy (non-hydrogen) atoms. The fraction of sp³-hybridized carbons (Fsp3) is 0.733. The van der Waals surface area contributed by atoms with Crippen LogP contribution in [-0.2, 0) is 17.9 Å². The molecule has 1 aliphatic heterocycles. The highest BCUT2D eigenvalue weighted by Gasteiger charge is 2.23. The maximum atomic E-state index is 12.2. The second-order valence-corrected chi connectivity index (χ2v) is 5.83. The Labute approximate surface area is 129 Å². The topological polar surface area (TPSA) is 50.2 Å². The number of alkyl halides is 2. The number of amides is 1. The van der Waals surface area contributed by atoms with Gasteiger partial charge in [0.25, 0.3) is 5.91 Å². The van der Waals surface area contributed by atoms with E-state index in [4.69, 9.17) is 0 Å². The first-order valence-corrected chi connectivity index (χ1v) is 7.88. The predicted octanol–water partition coefficient (Wildman–Crippen LogP) is 1.89. The zero-order valence-electron chi connectivity index (χ0n) is 13.0. The summed E-state index contributed by atoms with van der Waals surface area (Å²) in [6, 6.07) is 0. The van der Waals surface area contributed by atoms with Gasteiger partial charge in [0, 0.05) is 32.0 Å². The van der Waals surface area contributed by atoms with E-state index in [0.717, 1.165) is 51.3 Å². The summed E-state index contributed by atoms with van der Waals surface area (Å²) in [6.45, 7) is 5.97. The number of aromatic nitrogens is 2. The molecule has 1 atom stereocenters. The minimum absolute atomic E-state index is 0.228. The molecule has 1 saturated heterocycles. The van der Waals surface area contributed by atoms with Gasteiger partial charge in [0.15, 0.2) is 0 Å². The smallest absolute Gasteiger partial charge is 0.315 e. The molecule has 124 valence electrons. The molecule has 1 fully saturated rings. The van der Waals surface area contributed by atoms with Crippen LogP contribution in [0.2, 0.25) is 0 Å². The van der Waals surface area contributed by atoms with E-state index in [1.54, 1.807) is 0 Å². The van der Waals surface area contributed by atoms with Crippen LogP contribution in [0.4, 0.5) is 8.78 Å². The quantitative estimate of drug-likeness (QED) is 0.836. The van der Waals surface area contributed by atoms with Crippen LogP contribution in [0.5, 0.6) is 0 Å². The number of nitrogens with one attached hydrogen (secondary N) is 1. The molecule has 0 radical (unpaired) electrons. The molecule has 0 saturated carbocycles. The largest absolute Gasteiger partial charge is 0.351 e. The number of imidazole rings is 1. The van der Waals surface area contributed by atoms with Crippen molar-refractivity contribution >= 4 is 5.91 Å². The van der Waals surface area contributed by atoms with Crippen LogP contribution in [0.1, 0.15) is 32.0 Å². The van der Waals surface area contributed by atoms with Gasteiger partial charge in [-0.05, 0) is 31.7 Å². The number of aryl methyl sites for hydroxylation is 1. The number of carbonyl (C=O) groups is 1. The van der Waals surface area contributed by atoms with Gasteiger partial charge in [-0.25, -0.2) is 4.98 Å². The number of nitrogens with zero attached hydrogens (tertiary/aromatic N) is 3. The fourth-order valence-electron chi connectivity index (χ4n) is 2.92. The van der Waals surface area contributed by atoms with Gasteiger partial charge < -0.3 is 9.88 Å². The van der Waals surface area contributed by atoms with Gasteiger partial charge in [0.05, 0.1) is 6.54 Å². The summed E-state index contributed by atoms with van der Waals surface area (Å²) in [5.74, 6) is 0.0979. The molecule has 0 spiro atoms. The summed E-state index contributed by atoms with van der Waals surface area (Å²) in [7, 11) is 0. The molecular formula is C15H24F2N4O. The molecule has 2 heterocycles. The lowest BCUT2D eigenvalue weighted by atomic mass is 9.98. The van der Waals surface area contributed by atoms with Crippen LogP contribution in [-0.4, -0.2) is 46.4 Å². The van der Waals surface area contributed by atoms with Gasteiger partial charge in [-0.15, -0.1) is 0 Å². The SMILES string of the molecule is CCCn1ccnc1CN1CCC[C@H](CNC(=O)C(F)F)C1. The summed E-state index contributed by atoms with van der Waals surface area (Å²) in [5, 5.41) is 2.33. The molecule has 0 aromatic carbocycles. The van der Waals surface area contributed by atoms with E-state index in [1.807, 2.05) is 12.4 Å². The van der Waals surface area contributed by atoms with E-state index in [9.17, 15) is 13.6 Å². The van der Waals surface area contributed by atoms with Crippen LogP contribution in [0.3, 0.4) is 0 Å². The lowest BCUT2D eigenvalue weighted by molar-refractivity contribution is -0.132. The van der Waals surface area contributed by atoms with Crippen LogP contribution in [0.15, 0.2) is 12.4 Å². The van der Waals surface area contributed by atoms with Crippen LogP contribution in [0.25, 0.3) is 0 Å². The molecule has 1 amide bonds. The molecule has 2 rings (SSSR count). The molecule has 1 aromatic rings. The normalized spacial score (nSPS) is 19.5. The van der Waals surface area contributed by atoms with E-state index in [2.05, 4.69) is 26.7 Å². The van der Waals surface area contributed by atoms with Crippen molar-refractivity contribution in [3.05, 3.63) is 18.2 Å². The zero-order chi connectivity index (χ0) is 15.9. The van der Waals surface area contributed by atoms with Gasteiger partial charge >= 0.3 is 6.43 Å². The van der Waals surface area contributed by atoms with Gasteiger partial charge in [-0.3, -0.25) is 9.69 Å². The van der Waals surface area contributed by atoms with Crippen LogP contribution < -0.4 is 5.32 Å². The molecule has 0 aliphatic carbocycles. The summed E-state index contributed by atoms with van der Waals surface area (Å²) in [6.07, 6.45) is 3.91. The minimum Gasteiger partial charge on any atom is -0.351 e. The lowest BCUT2D eigenvalue weighted by Crippen LogP contribution is -2.42. The van der Waals surface area contributed by atoms with Gasteiger partial charge in [-0.1, -0.05) is 6.92 Å². The molecule has 1 aromatic heterocycles. The first-order chi connectivity index (χ1) is 10.6. The van der Waals surface area contributed by atoms with Crippen molar-refractivity contribution in [2.24, 2.45) is 5.92 Å². The third-order valence-corrected chi connectivity index (χ3v) is 4.00. The van der Waals surface area contributed by atoms with Gasteiger partial charge in [0.1, 0.15) is 5.82 Å². The third kappa shape index (κ3) is 4.76. The average molecular weight is 314 g/mol. The molecule has 5 nitrogen and oxygen atoms in total. The summed E-state index contributed by atoms with van der Waals surface area (Å²) < 4.78 is 26.5. The number of halogens is 2. The Balaban J connectivity index is 1.82. The van der Waals surface area contributed by atoms with Crippen LogP contribution in [0, 0.1) is 5.92 Å². The highest BCUT2D eigenvalue weighted by Crippen LogP contribution is 2.18. The standard InChI is InChI=1S/C15H24F2N4O/c1-2-6-21-8-5-18-13(21)11-20-7-3-4-12(10-20)9-19-15(22)14(16)17/h5,8,12,14H,2-4,6-7,9-11H2,1H3,(H,19,22)/t12-/m1/s1. The van der Waals surface area contributed by atoms with E-state index >= 15 is 0 Å². The first-order valence-electron chi connectivity index (χ1n) is 7.88. The number of hydrogen-bond acceptors (Lipinski definition) is 3. The predicted molar refractivity (Wildman–Crippen MR) is 79.5 cm³/mol. The number of piperidine rings is 1. The Morgan fingerprint density at radius 2 is 2.36 bits per heavy atom. The Morgan fingerprint density at radius 1 is 1.55 bits per heavy atom. The van der Waals surface area contributed by atoms with Crippen molar-refractivity contribution < 1.29 is 13.6 Å². The van der Waals surface area contributed by atoms with Crippen molar-refractivity contribution in [2.45, 2.75) is 45.7 Å². The lowest BCUT2D eigenvalue weighted by Gasteiger charge is -2.32. The van der Waals surface area contributed by atoms with Crippen molar-refractivity contribution in [2.75, 3.05) is 19.6 Å². The minimum atomic E-state index is -2.93. The van der Waals surface area contributed by atoms with Crippen molar-refractivity contribution in [1.82, 2.24) is 19.8 Å². The van der Waals surface area contributed by atoms with E-state index in [-0.39, 0.29) is 5.92 Å². The van der Waals surface area contributed by atoms with E-state index < -0.39 is 12.3 Å². The molecule has 7 heteroatoms. The second-order valence-electron chi connectivity index (χ2n) is 5.83. The molecule has 1 aliphatic rings. The molecular weight excluding hydrogens is 290 g/mol. The summed E-state index contributed by atoms with van der Waals surface area (Å²) in [4.78, 5) is 17.6. The number of rotatable bonds is 7. The van der Waals surface area contributed by atoms with Gasteiger partial charge in [-0.2, -0.15) is 8.78 Å². The fourth-order valence-corrected chi connectivity index (χ4v) is 2.92. The Kier molecular flexibility index (Phi) is 6.30. The Bertz CT molecular complexity index is 478. The van der Waals surface area contributed by atoms with Crippen LogP contribution >= 0.6 is 0 Å². The molecule has 0 unspecified atom stereocenters. The summed E-state index contributed by atoms with van der Waals surface area (Å²) in [5.41, 5.74) is 0. The number of carbonyl (C=O) groups excluding carboxylic acids is 1. The third-order valence-electron chi connectivity index (χ3n) is 4.00. The maximum absolute atomic E-state index is 12.2. The molecule has 1 N–H and O–H groups in total. The van der Waals surface area contributed by atoms with Gasteiger partial charge in [0.2, 0.25) is 0 Å². The van der Waals surface area contributed by atoms with Crippen molar-refractivity contribution in [3.8, 4) is 0 Å². The Morgan fingerprint density at radius 3 is 3.09 bits per heavy atom. The Hall–Kier alpha value is -1.50. The van der Waals surface area contributed by atoms with Crippen molar-refractivity contribution in [1.29, 1.82) is 0 Å². The second kappa shape index (κ2) is 8.22. The van der Waals surface area contributed by atoms with E-state index in [1.165, 1.54) is 0 Å². The maximum Gasteiger partial charge on any atom is 0.315 e. The monoisotopic (exact) mass is 314 g/mol. The average Bonchev–Trinajstić information content (AvgIpc) is 2.92. The number of hydrogen-bond donors (Lipinski definition) is 1. The zero-order valence-corrected chi connectivity index (χ0v) is 13.0.